The molecule has 1 saturated heterocycles. The Hall–Kier alpha value is -0.817. The number of aliphatic hydroxyl groups excluding tert-OH is 2. The standard InChI is InChI=1S/C11H14N2O5.CO.2Co/c1-2-6-4-13(11(17)12-10(6)16)9-3-7(15)8(5-14)18-9;1-2;;/h2,4,7-9,14-15H,1,3,5H2,(H,12,16,17);;;/q-2;;;+2/t7-,8+,9-;;;/m0.../s1. The molecule has 2 rings (SSSR count). The van der Waals surface area contributed by atoms with Crippen molar-refractivity contribution in [3.05, 3.63) is 52.6 Å². The van der Waals surface area contributed by atoms with Crippen LogP contribution in [0.1, 0.15) is 18.2 Å². The van der Waals surface area contributed by atoms with Crippen molar-refractivity contribution in [2.45, 2.75) is 24.9 Å². The summed E-state index contributed by atoms with van der Waals surface area (Å²) >= 11 is 0. The number of aromatic amines is 1. The number of nitrogens with zero attached hydrogens (tertiary/aromatic N) is 1. The van der Waals surface area contributed by atoms with E-state index in [1.165, 1.54) is 17.2 Å². The number of aliphatic hydroxyl groups is 2. The predicted octanol–water partition coefficient (Wildman–Crippen LogP) is -1.48. The fourth-order valence-electron chi connectivity index (χ4n) is 1.91. The topological polar surface area (TPSA) is 124 Å². The van der Waals surface area contributed by atoms with Gasteiger partial charge in [0.25, 0.3) is 0 Å². The Bertz CT molecular complexity index is 585. The van der Waals surface area contributed by atoms with Crippen molar-refractivity contribution in [3.63, 3.8) is 0 Å². The van der Waals surface area contributed by atoms with Gasteiger partial charge in [0.05, 0.1) is 12.7 Å². The summed E-state index contributed by atoms with van der Waals surface area (Å²) in [6, 6.07) is 0. The molecular formula is C12H14Co2N2O6. The molecule has 1 aliphatic rings. The Labute approximate surface area is 147 Å². The number of hydrogen-bond donors (Lipinski definition) is 3. The fraction of sp³-hybridized carbons (Fsp3) is 0.417. The molecule has 0 aliphatic carbocycles. The number of rotatable bonds is 3. The van der Waals surface area contributed by atoms with Gasteiger partial charge in [0.15, 0.2) is 0 Å². The largest absolute Gasteiger partial charge is 2.00 e. The SMILES string of the molecule is [C-]#[O+].[CH2-][CH-]c1cn([C@@H]2C[C@H](O)[C@@H](CO)O2)c(=O)[nH]c1=O.[Co+2].[Co]. The third kappa shape index (κ3) is 5.12. The summed E-state index contributed by atoms with van der Waals surface area (Å²) in [5, 5.41) is 18.6. The summed E-state index contributed by atoms with van der Waals surface area (Å²) in [5.74, 6) is 0. The van der Waals surface area contributed by atoms with E-state index in [1.807, 2.05) is 0 Å². The van der Waals surface area contributed by atoms with Gasteiger partial charge in [0.2, 0.25) is 0 Å². The fourth-order valence-corrected chi connectivity index (χ4v) is 1.91. The van der Waals surface area contributed by atoms with Crippen LogP contribution in [-0.2, 0) is 42.9 Å². The molecule has 126 valence electrons. The maximum atomic E-state index is 11.6. The first kappa shape index (κ1) is 23.4. The first-order valence-electron chi connectivity index (χ1n) is 5.69. The molecule has 22 heavy (non-hydrogen) atoms. The van der Waals surface area contributed by atoms with E-state index in [0.29, 0.717) is 0 Å². The third-order valence-corrected chi connectivity index (χ3v) is 2.91. The van der Waals surface area contributed by atoms with Gasteiger partial charge in [0.1, 0.15) is 17.9 Å². The van der Waals surface area contributed by atoms with Crippen LogP contribution in [0.3, 0.4) is 0 Å². The number of H-pyrrole nitrogens is 1. The molecule has 3 N–H and O–H groups in total. The van der Waals surface area contributed by atoms with E-state index in [-0.39, 0.29) is 52.1 Å². The molecule has 8 nitrogen and oxygen atoms in total. The van der Waals surface area contributed by atoms with Crippen LogP contribution >= 0.6 is 0 Å². The minimum Gasteiger partial charge on any atom is -0.394 e. The van der Waals surface area contributed by atoms with Gasteiger partial charge in [-0.15, -0.1) is 5.56 Å². The monoisotopic (exact) mass is 400 g/mol. The van der Waals surface area contributed by atoms with E-state index in [9.17, 15) is 14.7 Å². The summed E-state index contributed by atoms with van der Waals surface area (Å²) in [5.41, 5.74) is -0.912. The molecule has 0 amide bonds. The maximum absolute atomic E-state index is 11.6. The second-order valence-corrected chi connectivity index (χ2v) is 4.07. The van der Waals surface area contributed by atoms with E-state index in [1.54, 1.807) is 0 Å². The second-order valence-electron chi connectivity index (χ2n) is 4.07. The van der Waals surface area contributed by atoms with E-state index in [2.05, 4.69) is 18.6 Å². The van der Waals surface area contributed by atoms with Crippen molar-refractivity contribution in [1.82, 2.24) is 9.55 Å². The molecule has 0 saturated carbocycles. The smallest absolute Gasteiger partial charge is 0.394 e. The van der Waals surface area contributed by atoms with Crippen LogP contribution < -0.4 is 11.2 Å². The molecule has 1 aromatic heterocycles. The van der Waals surface area contributed by atoms with Crippen molar-refractivity contribution in [3.8, 4) is 0 Å². The van der Waals surface area contributed by atoms with Gasteiger partial charge in [-0.1, -0.05) is 6.20 Å². The first-order valence-corrected chi connectivity index (χ1v) is 5.69. The van der Waals surface area contributed by atoms with Gasteiger partial charge >= 0.3 is 33.8 Å². The molecular weight excluding hydrogens is 386 g/mol. The van der Waals surface area contributed by atoms with Crippen molar-refractivity contribution >= 4 is 0 Å². The van der Waals surface area contributed by atoms with Crippen molar-refractivity contribution in [2.75, 3.05) is 6.61 Å². The van der Waals surface area contributed by atoms with E-state index in [4.69, 9.17) is 14.5 Å². The first-order chi connectivity index (χ1) is 9.56. The van der Waals surface area contributed by atoms with Gasteiger partial charge in [-0.05, 0) is 0 Å². The molecule has 1 fully saturated rings. The number of hydrogen-bond acceptors (Lipinski definition) is 5. The summed E-state index contributed by atoms with van der Waals surface area (Å²) in [6.07, 6.45) is 0.551. The van der Waals surface area contributed by atoms with Crippen molar-refractivity contribution in [1.29, 1.82) is 0 Å². The van der Waals surface area contributed by atoms with Crippen LogP contribution in [0.4, 0.5) is 0 Å². The number of nitrogens with one attached hydrogen (secondary N) is 1. The van der Waals surface area contributed by atoms with Crippen LogP contribution in [-0.4, -0.2) is 38.6 Å². The summed E-state index contributed by atoms with van der Waals surface area (Å²) in [4.78, 5) is 25.1. The minimum absolute atomic E-state index is 0. The zero-order valence-corrected chi connectivity index (χ0v) is 13.2. The van der Waals surface area contributed by atoms with Crippen LogP contribution in [0.5, 0.6) is 0 Å². The molecule has 0 spiro atoms. The van der Waals surface area contributed by atoms with Crippen molar-refractivity contribution < 1.29 is 53.2 Å². The molecule has 0 bridgehead atoms. The van der Waals surface area contributed by atoms with E-state index >= 15 is 0 Å². The Balaban J connectivity index is 0. The van der Waals surface area contributed by atoms with Gasteiger partial charge in [-0.2, -0.15) is 0 Å². The maximum Gasteiger partial charge on any atom is 2.00 e. The van der Waals surface area contributed by atoms with Gasteiger partial charge in [-0.25, -0.2) is 4.79 Å². The predicted molar refractivity (Wildman–Crippen MR) is 65.6 cm³/mol. The van der Waals surface area contributed by atoms with Gasteiger partial charge < -0.3 is 42.6 Å². The van der Waals surface area contributed by atoms with Crippen LogP contribution in [0.25, 0.3) is 0 Å². The second kappa shape index (κ2) is 10.8. The molecule has 0 unspecified atom stereocenters. The molecule has 2 heterocycles. The Morgan fingerprint density at radius 3 is 2.59 bits per heavy atom. The zero-order chi connectivity index (χ0) is 15.3. The normalized spacial score (nSPS) is 22.5. The van der Waals surface area contributed by atoms with Crippen LogP contribution in [0.2, 0.25) is 0 Å². The van der Waals surface area contributed by atoms with E-state index in [0.717, 1.165) is 0 Å². The average Bonchev–Trinajstić information content (AvgIpc) is 2.82. The third-order valence-electron chi connectivity index (χ3n) is 2.91. The molecule has 1 aromatic rings. The molecule has 1 aliphatic heterocycles. The van der Waals surface area contributed by atoms with Crippen molar-refractivity contribution in [2.24, 2.45) is 0 Å². The minimum atomic E-state index is -0.842. The molecule has 10 heteroatoms. The summed E-state index contributed by atoms with van der Waals surface area (Å²) in [6.45, 7) is 7.64. The molecule has 2 radical (unpaired) electrons. The van der Waals surface area contributed by atoms with Gasteiger partial charge in [0, 0.05) is 23.2 Å². The van der Waals surface area contributed by atoms with Crippen LogP contribution in [0, 0.1) is 20.0 Å². The van der Waals surface area contributed by atoms with E-state index < -0.39 is 29.7 Å². The molecule has 3 atom stereocenters. The molecule has 0 aromatic carbocycles. The summed E-state index contributed by atoms with van der Waals surface area (Å²) < 4.78 is 14.0. The summed E-state index contributed by atoms with van der Waals surface area (Å²) in [7, 11) is 0. The average molecular weight is 400 g/mol. The number of aromatic nitrogens is 2. The quantitative estimate of drug-likeness (QED) is 0.422. The zero-order valence-electron chi connectivity index (χ0n) is 11.1. The Kier molecular flexibility index (Phi) is 11.5. The van der Waals surface area contributed by atoms with Gasteiger partial charge in [-0.3, -0.25) is 0 Å². The van der Waals surface area contributed by atoms with Crippen LogP contribution in [0.15, 0.2) is 15.8 Å². The Morgan fingerprint density at radius 1 is 1.55 bits per heavy atom. The Morgan fingerprint density at radius 2 is 2.14 bits per heavy atom. The number of ether oxygens (including phenoxy) is 1.